The van der Waals surface area contributed by atoms with E-state index in [4.69, 9.17) is 4.74 Å². The molecule has 0 saturated carbocycles. The lowest BCUT2D eigenvalue weighted by Gasteiger charge is -2.32. The number of nitrogens with one attached hydrogen (secondary N) is 1. The Morgan fingerprint density at radius 2 is 2.47 bits per heavy atom. The van der Waals surface area contributed by atoms with Crippen molar-refractivity contribution in [3.05, 3.63) is 18.0 Å². The van der Waals surface area contributed by atoms with Crippen LogP contribution >= 0.6 is 0 Å². The third-order valence-electron chi connectivity index (χ3n) is 3.50. The molecule has 0 radical (unpaired) electrons. The molecule has 0 aromatic carbocycles. The van der Waals surface area contributed by atoms with Crippen molar-refractivity contribution in [2.24, 2.45) is 13.0 Å². The van der Waals surface area contributed by atoms with E-state index in [-0.39, 0.29) is 0 Å². The van der Waals surface area contributed by atoms with Crippen molar-refractivity contribution in [3.8, 4) is 0 Å². The fourth-order valence-electron chi connectivity index (χ4n) is 2.57. The average Bonchev–Trinajstić information content (AvgIpc) is 2.74. The molecule has 1 aromatic heterocycles. The minimum atomic E-state index is 0.630. The largest absolute Gasteiger partial charge is 0.381 e. The van der Waals surface area contributed by atoms with Gasteiger partial charge in [-0.1, -0.05) is 6.92 Å². The SMILES string of the molecule is CCNC1CCOCC1CCc1cnn(C)c1. The van der Waals surface area contributed by atoms with E-state index in [0.717, 1.165) is 32.6 Å². The predicted molar refractivity (Wildman–Crippen MR) is 67.9 cm³/mol. The number of hydrogen-bond acceptors (Lipinski definition) is 3. The van der Waals surface area contributed by atoms with Gasteiger partial charge in [0.05, 0.1) is 12.8 Å². The van der Waals surface area contributed by atoms with Crippen molar-refractivity contribution in [2.75, 3.05) is 19.8 Å². The van der Waals surface area contributed by atoms with E-state index in [2.05, 4.69) is 23.5 Å². The van der Waals surface area contributed by atoms with Gasteiger partial charge in [0.2, 0.25) is 0 Å². The average molecular weight is 237 g/mol. The van der Waals surface area contributed by atoms with Crippen LogP contribution in [0.4, 0.5) is 0 Å². The van der Waals surface area contributed by atoms with Gasteiger partial charge < -0.3 is 10.1 Å². The highest BCUT2D eigenvalue weighted by molar-refractivity contribution is 5.04. The first kappa shape index (κ1) is 12.6. The molecule has 96 valence electrons. The molecule has 0 spiro atoms. The van der Waals surface area contributed by atoms with Gasteiger partial charge in [0.25, 0.3) is 0 Å². The first-order chi connectivity index (χ1) is 8.29. The van der Waals surface area contributed by atoms with Crippen molar-refractivity contribution in [3.63, 3.8) is 0 Å². The Labute approximate surface area is 103 Å². The highest BCUT2D eigenvalue weighted by Crippen LogP contribution is 2.20. The van der Waals surface area contributed by atoms with Gasteiger partial charge in [-0.15, -0.1) is 0 Å². The summed E-state index contributed by atoms with van der Waals surface area (Å²) in [5.41, 5.74) is 1.33. The summed E-state index contributed by atoms with van der Waals surface area (Å²) in [6.07, 6.45) is 7.50. The molecule has 2 rings (SSSR count). The zero-order chi connectivity index (χ0) is 12.1. The van der Waals surface area contributed by atoms with Crippen molar-refractivity contribution in [1.29, 1.82) is 0 Å². The van der Waals surface area contributed by atoms with Gasteiger partial charge >= 0.3 is 0 Å². The summed E-state index contributed by atoms with van der Waals surface area (Å²) in [6, 6.07) is 0.630. The van der Waals surface area contributed by atoms with E-state index < -0.39 is 0 Å². The molecule has 1 N–H and O–H groups in total. The molecular formula is C13H23N3O. The number of ether oxygens (including phenoxy) is 1. The van der Waals surface area contributed by atoms with E-state index in [1.54, 1.807) is 0 Å². The maximum atomic E-state index is 5.59. The number of hydrogen-bond donors (Lipinski definition) is 1. The normalized spacial score (nSPS) is 25.1. The van der Waals surface area contributed by atoms with Crippen LogP contribution in [0.2, 0.25) is 0 Å². The lowest BCUT2D eigenvalue weighted by Crippen LogP contribution is -2.42. The first-order valence-corrected chi connectivity index (χ1v) is 6.58. The molecular weight excluding hydrogens is 214 g/mol. The third kappa shape index (κ3) is 3.54. The maximum Gasteiger partial charge on any atom is 0.0521 e. The Hall–Kier alpha value is -0.870. The molecule has 1 aliphatic rings. The van der Waals surface area contributed by atoms with Gasteiger partial charge in [0.1, 0.15) is 0 Å². The summed E-state index contributed by atoms with van der Waals surface area (Å²) in [5, 5.41) is 7.78. The summed E-state index contributed by atoms with van der Waals surface area (Å²) in [4.78, 5) is 0. The summed E-state index contributed by atoms with van der Waals surface area (Å²) in [7, 11) is 1.97. The second-order valence-electron chi connectivity index (χ2n) is 4.85. The van der Waals surface area contributed by atoms with E-state index >= 15 is 0 Å². The molecule has 1 fully saturated rings. The van der Waals surface area contributed by atoms with Gasteiger partial charge in [-0.2, -0.15) is 5.10 Å². The van der Waals surface area contributed by atoms with Crippen LogP contribution in [0.15, 0.2) is 12.4 Å². The minimum Gasteiger partial charge on any atom is -0.381 e. The number of nitrogens with zero attached hydrogens (tertiary/aromatic N) is 2. The number of rotatable bonds is 5. The zero-order valence-corrected chi connectivity index (χ0v) is 10.9. The van der Waals surface area contributed by atoms with Gasteiger partial charge in [-0.05, 0) is 37.3 Å². The Balaban J connectivity index is 1.83. The van der Waals surface area contributed by atoms with Crippen LogP contribution in [0.5, 0.6) is 0 Å². The van der Waals surface area contributed by atoms with Crippen LogP contribution in [0.25, 0.3) is 0 Å². The Bertz CT molecular complexity index is 335. The van der Waals surface area contributed by atoms with Gasteiger partial charge in [0.15, 0.2) is 0 Å². The van der Waals surface area contributed by atoms with Crippen LogP contribution in [0.3, 0.4) is 0 Å². The Kier molecular flexibility index (Phi) is 4.57. The second kappa shape index (κ2) is 6.17. The Morgan fingerprint density at radius 1 is 1.59 bits per heavy atom. The van der Waals surface area contributed by atoms with Gasteiger partial charge in [-0.25, -0.2) is 0 Å². The molecule has 2 heterocycles. The van der Waals surface area contributed by atoms with E-state index in [1.807, 2.05) is 17.9 Å². The summed E-state index contributed by atoms with van der Waals surface area (Å²) < 4.78 is 7.46. The molecule has 4 heteroatoms. The standard InChI is InChI=1S/C13H23N3O/c1-3-14-13-6-7-17-10-12(13)5-4-11-8-15-16(2)9-11/h8-9,12-14H,3-7,10H2,1-2H3. The van der Waals surface area contributed by atoms with E-state index in [1.165, 1.54) is 12.0 Å². The molecule has 1 saturated heterocycles. The molecule has 2 atom stereocenters. The fraction of sp³-hybridized carbons (Fsp3) is 0.769. The van der Waals surface area contributed by atoms with E-state index in [0.29, 0.717) is 12.0 Å². The molecule has 0 aliphatic carbocycles. The van der Waals surface area contributed by atoms with Crippen molar-refractivity contribution >= 4 is 0 Å². The molecule has 1 aliphatic heterocycles. The first-order valence-electron chi connectivity index (χ1n) is 6.58. The van der Waals surface area contributed by atoms with Crippen LogP contribution in [0, 0.1) is 5.92 Å². The highest BCUT2D eigenvalue weighted by Gasteiger charge is 2.24. The molecule has 17 heavy (non-hydrogen) atoms. The van der Waals surface area contributed by atoms with Crippen LogP contribution in [-0.4, -0.2) is 35.6 Å². The molecule has 4 nitrogen and oxygen atoms in total. The summed E-state index contributed by atoms with van der Waals surface area (Å²) in [5.74, 6) is 0.643. The third-order valence-corrected chi connectivity index (χ3v) is 3.50. The zero-order valence-electron chi connectivity index (χ0n) is 10.9. The van der Waals surface area contributed by atoms with Crippen molar-refractivity contribution < 1.29 is 4.74 Å². The predicted octanol–water partition coefficient (Wildman–Crippen LogP) is 1.37. The maximum absolute atomic E-state index is 5.59. The number of aromatic nitrogens is 2. The lowest BCUT2D eigenvalue weighted by atomic mass is 9.90. The van der Waals surface area contributed by atoms with Crippen LogP contribution in [-0.2, 0) is 18.2 Å². The van der Waals surface area contributed by atoms with Crippen LogP contribution in [0.1, 0.15) is 25.3 Å². The Morgan fingerprint density at radius 3 is 3.18 bits per heavy atom. The topological polar surface area (TPSA) is 39.1 Å². The lowest BCUT2D eigenvalue weighted by molar-refractivity contribution is 0.0294. The molecule has 0 bridgehead atoms. The summed E-state index contributed by atoms with van der Waals surface area (Å²) >= 11 is 0. The quantitative estimate of drug-likeness (QED) is 0.840. The molecule has 2 unspecified atom stereocenters. The van der Waals surface area contributed by atoms with E-state index in [9.17, 15) is 0 Å². The second-order valence-corrected chi connectivity index (χ2v) is 4.85. The number of aryl methyl sites for hydroxylation is 2. The summed E-state index contributed by atoms with van der Waals surface area (Å²) in [6.45, 7) is 5.03. The highest BCUT2D eigenvalue weighted by atomic mass is 16.5. The fourth-order valence-corrected chi connectivity index (χ4v) is 2.57. The minimum absolute atomic E-state index is 0.630. The smallest absolute Gasteiger partial charge is 0.0521 e. The monoisotopic (exact) mass is 237 g/mol. The van der Waals surface area contributed by atoms with Gasteiger partial charge in [0, 0.05) is 25.9 Å². The molecule has 1 aromatic rings. The molecule has 0 amide bonds. The van der Waals surface area contributed by atoms with Gasteiger partial charge in [-0.3, -0.25) is 4.68 Å². The van der Waals surface area contributed by atoms with Crippen LogP contribution < -0.4 is 5.32 Å². The van der Waals surface area contributed by atoms with Crippen molar-refractivity contribution in [2.45, 2.75) is 32.2 Å². The van der Waals surface area contributed by atoms with Crippen molar-refractivity contribution in [1.82, 2.24) is 15.1 Å².